The van der Waals surface area contributed by atoms with Gasteiger partial charge in [0.1, 0.15) is 16.7 Å². The number of aromatic nitrogens is 3. The summed E-state index contributed by atoms with van der Waals surface area (Å²) in [7, 11) is 0. The molecule has 45 heavy (non-hydrogen) atoms. The summed E-state index contributed by atoms with van der Waals surface area (Å²) >= 11 is 0. The van der Waals surface area contributed by atoms with E-state index in [4.69, 9.17) is 19.4 Å². The quantitative estimate of drug-likeness (QED) is 0.196. The fourth-order valence-electron chi connectivity index (χ4n) is 6.26. The van der Waals surface area contributed by atoms with E-state index in [2.05, 4.69) is 91.0 Å². The van der Waals surface area contributed by atoms with Crippen LogP contribution in [-0.4, -0.2) is 15.0 Å². The minimum atomic E-state index is 0.686. The second kappa shape index (κ2) is 10.2. The van der Waals surface area contributed by atoms with Crippen molar-refractivity contribution in [1.82, 2.24) is 15.0 Å². The first-order chi connectivity index (χ1) is 22.3. The summed E-state index contributed by atoms with van der Waals surface area (Å²) < 4.78 is 6.30. The Balaban J connectivity index is 1.19. The van der Waals surface area contributed by atoms with Gasteiger partial charge in [-0.05, 0) is 23.8 Å². The maximum absolute atomic E-state index is 6.30. The van der Waals surface area contributed by atoms with Crippen LogP contribution >= 0.6 is 0 Å². The molecule has 0 fully saturated rings. The Hall–Kier alpha value is -6.13. The first-order valence-electron chi connectivity index (χ1n) is 15.0. The highest BCUT2D eigenvalue weighted by atomic mass is 16.3. The van der Waals surface area contributed by atoms with Gasteiger partial charge in [0.15, 0.2) is 5.82 Å². The van der Waals surface area contributed by atoms with Crippen LogP contribution in [-0.2, 0) is 0 Å². The van der Waals surface area contributed by atoms with Crippen molar-refractivity contribution in [3.63, 3.8) is 0 Å². The molecule has 0 aliphatic rings. The Morgan fingerprint density at radius 2 is 1.09 bits per heavy atom. The van der Waals surface area contributed by atoms with Crippen molar-refractivity contribution in [2.75, 3.05) is 0 Å². The number of fused-ring (bicyclic) bond motifs is 6. The number of benzene rings is 6. The summed E-state index contributed by atoms with van der Waals surface area (Å²) in [5, 5.41) is 4.28. The van der Waals surface area contributed by atoms with E-state index >= 15 is 0 Å². The van der Waals surface area contributed by atoms with Crippen molar-refractivity contribution in [3.05, 3.63) is 152 Å². The zero-order valence-electron chi connectivity index (χ0n) is 24.2. The molecule has 3 aromatic heterocycles. The normalized spacial score (nSPS) is 11.6. The molecule has 0 amide bonds. The second-order valence-electron chi connectivity index (χ2n) is 11.2. The Kier molecular flexibility index (Phi) is 5.78. The van der Waals surface area contributed by atoms with E-state index in [1.54, 1.807) is 0 Å². The molecule has 0 aliphatic heterocycles. The molecule has 0 radical (unpaired) electrons. The lowest BCUT2D eigenvalue weighted by Crippen LogP contribution is -1.97. The molecule has 0 saturated carbocycles. The largest absolute Gasteiger partial charge is 0.455 e. The summed E-state index contributed by atoms with van der Waals surface area (Å²) in [6, 6.07) is 52.0. The van der Waals surface area contributed by atoms with Crippen LogP contribution < -0.4 is 0 Å². The van der Waals surface area contributed by atoms with Crippen LogP contribution in [0.15, 0.2) is 156 Å². The van der Waals surface area contributed by atoms with Gasteiger partial charge in [-0.1, -0.05) is 133 Å². The van der Waals surface area contributed by atoms with Crippen LogP contribution in [0.25, 0.3) is 88.8 Å². The van der Waals surface area contributed by atoms with E-state index < -0.39 is 0 Å². The fraction of sp³-hybridized carbons (Fsp3) is 0. The maximum Gasteiger partial charge on any atom is 0.160 e. The van der Waals surface area contributed by atoms with Crippen LogP contribution in [0.2, 0.25) is 0 Å². The van der Waals surface area contributed by atoms with E-state index in [1.807, 2.05) is 60.7 Å². The van der Waals surface area contributed by atoms with Gasteiger partial charge in [0.25, 0.3) is 0 Å². The predicted octanol–water partition coefficient (Wildman–Crippen LogP) is 10.7. The monoisotopic (exact) mass is 575 g/mol. The first-order valence-corrected chi connectivity index (χ1v) is 15.0. The molecule has 0 N–H and O–H groups in total. The van der Waals surface area contributed by atoms with Crippen molar-refractivity contribution < 1.29 is 4.42 Å². The van der Waals surface area contributed by atoms with E-state index in [0.29, 0.717) is 5.82 Å². The highest BCUT2D eigenvalue weighted by Crippen LogP contribution is 2.37. The minimum absolute atomic E-state index is 0.686. The Labute approximate surface area is 259 Å². The zero-order chi connectivity index (χ0) is 29.7. The molecule has 9 rings (SSSR count). The number of nitrogens with zero attached hydrogens (tertiary/aromatic N) is 3. The summed E-state index contributed by atoms with van der Waals surface area (Å²) in [4.78, 5) is 15.4. The minimum Gasteiger partial charge on any atom is -0.455 e. The molecule has 0 bridgehead atoms. The van der Waals surface area contributed by atoms with Gasteiger partial charge >= 0.3 is 0 Å². The predicted molar refractivity (Wildman–Crippen MR) is 184 cm³/mol. The van der Waals surface area contributed by atoms with Gasteiger partial charge in [-0.25, -0.2) is 15.0 Å². The molecule has 0 aliphatic carbocycles. The number of furan rings is 1. The summed E-state index contributed by atoms with van der Waals surface area (Å²) in [6.07, 6.45) is 0. The maximum atomic E-state index is 6.30. The van der Waals surface area contributed by atoms with Gasteiger partial charge in [-0.3, -0.25) is 0 Å². The molecule has 6 aromatic carbocycles. The molecule has 9 aromatic rings. The number of para-hydroxylation sites is 2. The number of hydrogen-bond acceptors (Lipinski definition) is 4. The standard InChI is InChI=1S/C41H25N3O/c1-3-10-28(11-4-1)37-34-24-22-29-23-25-35(42-38(29)39(34)44-41(43-37)30-12-5-2-6-13-30)27-20-18-26(19-21-27)31-15-9-16-33-32-14-7-8-17-36(32)45-40(31)33/h1-25H. The van der Waals surface area contributed by atoms with Gasteiger partial charge < -0.3 is 4.42 Å². The van der Waals surface area contributed by atoms with Crippen molar-refractivity contribution in [2.45, 2.75) is 0 Å². The highest BCUT2D eigenvalue weighted by molar-refractivity contribution is 6.10. The van der Waals surface area contributed by atoms with Gasteiger partial charge in [0.05, 0.1) is 16.9 Å². The molecule has 0 saturated heterocycles. The molecule has 4 heteroatoms. The fourth-order valence-corrected chi connectivity index (χ4v) is 6.26. The van der Waals surface area contributed by atoms with E-state index in [-0.39, 0.29) is 0 Å². The van der Waals surface area contributed by atoms with E-state index in [9.17, 15) is 0 Å². The second-order valence-corrected chi connectivity index (χ2v) is 11.2. The van der Waals surface area contributed by atoms with Crippen LogP contribution in [0.5, 0.6) is 0 Å². The lowest BCUT2D eigenvalue weighted by atomic mass is 9.99. The van der Waals surface area contributed by atoms with Crippen molar-refractivity contribution in [3.8, 4) is 45.0 Å². The lowest BCUT2D eigenvalue weighted by Gasteiger charge is -2.12. The van der Waals surface area contributed by atoms with Gasteiger partial charge in [0, 0.05) is 43.8 Å². The highest BCUT2D eigenvalue weighted by Gasteiger charge is 2.16. The average molecular weight is 576 g/mol. The van der Waals surface area contributed by atoms with Crippen LogP contribution in [0.1, 0.15) is 0 Å². The number of rotatable bonds is 4. The van der Waals surface area contributed by atoms with Crippen LogP contribution in [0, 0.1) is 0 Å². The van der Waals surface area contributed by atoms with E-state index in [1.165, 1.54) is 0 Å². The first kappa shape index (κ1) is 25.4. The summed E-state index contributed by atoms with van der Waals surface area (Å²) in [5.41, 5.74) is 10.5. The van der Waals surface area contributed by atoms with Crippen LogP contribution in [0.3, 0.4) is 0 Å². The number of pyridine rings is 1. The van der Waals surface area contributed by atoms with Gasteiger partial charge in [-0.2, -0.15) is 0 Å². The summed E-state index contributed by atoms with van der Waals surface area (Å²) in [6.45, 7) is 0. The molecule has 0 spiro atoms. The Morgan fingerprint density at radius 3 is 1.91 bits per heavy atom. The third kappa shape index (κ3) is 4.27. The number of hydrogen-bond donors (Lipinski definition) is 0. The molecular weight excluding hydrogens is 550 g/mol. The van der Waals surface area contributed by atoms with E-state index in [0.717, 1.165) is 82.9 Å². The third-order valence-corrected chi connectivity index (χ3v) is 8.50. The average Bonchev–Trinajstić information content (AvgIpc) is 3.51. The smallest absolute Gasteiger partial charge is 0.160 e. The Bertz CT molecular complexity index is 2520. The summed E-state index contributed by atoms with van der Waals surface area (Å²) in [5.74, 6) is 0.686. The molecule has 0 atom stereocenters. The van der Waals surface area contributed by atoms with Crippen LogP contribution in [0.4, 0.5) is 0 Å². The zero-order valence-corrected chi connectivity index (χ0v) is 24.2. The van der Waals surface area contributed by atoms with Crippen molar-refractivity contribution in [2.24, 2.45) is 0 Å². The molecule has 3 heterocycles. The topological polar surface area (TPSA) is 51.8 Å². The van der Waals surface area contributed by atoms with Crippen molar-refractivity contribution >= 4 is 43.7 Å². The molecular formula is C41H25N3O. The third-order valence-electron chi connectivity index (χ3n) is 8.50. The molecule has 210 valence electrons. The Morgan fingerprint density at radius 1 is 0.400 bits per heavy atom. The van der Waals surface area contributed by atoms with Gasteiger partial charge in [0.2, 0.25) is 0 Å². The molecule has 0 unspecified atom stereocenters. The van der Waals surface area contributed by atoms with Gasteiger partial charge in [-0.15, -0.1) is 0 Å². The molecule has 4 nitrogen and oxygen atoms in total. The SMILES string of the molecule is c1ccc(-c2nc(-c3ccccc3)c3ccc4ccc(-c5ccc(-c6cccc7c6oc6ccccc67)cc5)nc4c3n2)cc1. The van der Waals surface area contributed by atoms with Crippen molar-refractivity contribution in [1.29, 1.82) is 0 Å². The lowest BCUT2D eigenvalue weighted by molar-refractivity contribution is 0.670.